The van der Waals surface area contributed by atoms with Crippen LogP contribution in [0.3, 0.4) is 0 Å². The molecular formula is C14H17BrO3. The Morgan fingerprint density at radius 2 is 2.06 bits per heavy atom. The molecule has 0 heterocycles. The zero-order valence-electron chi connectivity index (χ0n) is 10.7. The molecule has 4 heteroatoms. The number of ether oxygens (including phenoxy) is 1. The molecule has 0 atom stereocenters. The highest BCUT2D eigenvalue weighted by Gasteiger charge is 2.13. The fourth-order valence-corrected chi connectivity index (χ4v) is 2.12. The Balaban J connectivity index is 2.67. The molecule has 98 valence electrons. The van der Waals surface area contributed by atoms with E-state index in [9.17, 15) is 9.59 Å². The van der Waals surface area contributed by atoms with Crippen LogP contribution in [0.15, 0.2) is 22.7 Å². The first-order valence-corrected chi connectivity index (χ1v) is 6.76. The van der Waals surface area contributed by atoms with Gasteiger partial charge in [0.2, 0.25) is 0 Å². The van der Waals surface area contributed by atoms with E-state index in [2.05, 4.69) is 15.9 Å². The molecule has 1 aromatic carbocycles. The van der Waals surface area contributed by atoms with E-state index in [0.29, 0.717) is 17.7 Å². The van der Waals surface area contributed by atoms with Crippen molar-refractivity contribution >= 4 is 27.5 Å². The Bertz CT molecular complexity index is 441. The summed E-state index contributed by atoms with van der Waals surface area (Å²) < 4.78 is 5.81. The fraction of sp³-hybridized carbons (Fsp3) is 0.429. The quantitative estimate of drug-likeness (QED) is 0.568. The Labute approximate surface area is 116 Å². The van der Waals surface area contributed by atoms with E-state index < -0.39 is 0 Å². The second kappa shape index (κ2) is 7.31. The SMILES string of the molecule is CCCCC(=O)CC(=O)c1ccc(OC)c(Br)c1. The number of ketones is 2. The summed E-state index contributed by atoms with van der Waals surface area (Å²) in [5, 5.41) is 0. The summed E-state index contributed by atoms with van der Waals surface area (Å²) in [6.45, 7) is 2.02. The fourth-order valence-electron chi connectivity index (χ4n) is 1.58. The van der Waals surface area contributed by atoms with Crippen molar-refractivity contribution in [1.82, 2.24) is 0 Å². The summed E-state index contributed by atoms with van der Waals surface area (Å²) >= 11 is 3.32. The van der Waals surface area contributed by atoms with Crippen LogP contribution < -0.4 is 4.74 Å². The molecule has 18 heavy (non-hydrogen) atoms. The zero-order valence-corrected chi connectivity index (χ0v) is 12.2. The Hall–Kier alpha value is -1.16. The van der Waals surface area contributed by atoms with Gasteiger partial charge in [0.05, 0.1) is 18.0 Å². The number of carbonyl (C=O) groups is 2. The minimum Gasteiger partial charge on any atom is -0.496 e. The van der Waals surface area contributed by atoms with Crippen molar-refractivity contribution < 1.29 is 14.3 Å². The van der Waals surface area contributed by atoms with E-state index in [0.717, 1.165) is 17.3 Å². The monoisotopic (exact) mass is 312 g/mol. The van der Waals surface area contributed by atoms with Gasteiger partial charge in [0.15, 0.2) is 5.78 Å². The molecule has 0 aromatic heterocycles. The van der Waals surface area contributed by atoms with E-state index in [1.54, 1.807) is 25.3 Å². The first-order chi connectivity index (χ1) is 8.58. The van der Waals surface area contributed by atoms with Crippen LogP contribution in [0.4, 0.5) is 0 Å². The van der Waals surface area contributed by atoms with Crippen molar-refractivity contribution in [2.75, 3.05) is 7.11 Å². The van der Waals surface area contributed by atoms with Crippen LogP contribution in [0.1, 0.15) is 43.0 Å². The molecule has 0 aliphatic rings. The van der Waals surface area contributed by atoms with Gasteiger partial charge in [0, 0.05) is 12.0 Å². The van der Waals surface area contributed by atoms with Gasteiger partial charge in [0.1, 0.15) is 11.5 Å². The van der Waals surface area contributed by atoms with Gasteiger partial charge in [0.25, 0.3) is 0 Å². The highest BCUT2D eigenvalue weighted by molar-refractivity contribution is 9.10. The van der Waals surface area contributed by atoms with E-state index in [1.807, 2.05) is 6.92 Å². The topological polar surface area (TPSA) is 43.4 Å². The number of rotatable bonds is 7. The van der Waals surface area contributed by atoms with Crippen LogP contribution in [0.2, 0.25) is 0 Å². The average molecular weight is 313 g/mol. The molecule has 0 radical (unpaired) electrons. The highest BCUT2D eigenvalue weighted by Crippen LogP contribution is 2.26. The first kappa shape index (κ1) is 14.9. The first-order valence-electron chi connectivity index (χ1n) is 5.97. The van der Waals surface area contributed by atoms with Crippen LogP contribution in [-0.4, -0.2) is 18.7 Å². The molecule has 0 amide bonds. The molecule has 0 saturated heterocycles. The van der Waals surface area contributed by atoms with E-state index in [4.69, 9.17) is 4.74 Å². The lowest BCUT2D eigenvalue weighted by atomic mass is 10.0. The summed E-state index contributed by atoms with van der Waals surface area (Å²) in [4.78, 5) is 23.4. The van der Waals surface area contributed by atoms with Gasteiger partial charge in [-0.3, -0.25) is 9.59 Å². The smallest absolute Gasteiger partial charge is 0.170 e. The van der Waals surface area contributed by atoms with Crippen LogP contribution in [0.5, 0.6) is 5.75 Å². The van der Waals surface area contributed by atoms with Crippen molar-refractivity contribution in [3.05, 3.63) is 28.2 Å². The third-order valence-electron chi connectivity index (χ3n) is 2.64. The minimum absolute atomic E-state index is 0.00814. The molecule has 1 rings (SSSR count). The normalized spacial score (nSPS) is 10.2. The van der Waals surface area contributed by atoms with Crippen molar-refractivity contribution in [2.24, 2.45) is 0 Å². The third-order valence-corrected chi connectivity index (χ3v) is 3.26. The number of hydrogen-bond acceptors (Lipinski definition) is 3. The lowest BCUT2D eigenvalue weighted by Crippen LogP contribution is -2.08. The van der Waals surface area contributed by atoms with Crippen molar-refractivity contribution in [2.45, 2.75) is 32.6 Å². The number of benzene rings is 1. The molecule has 0 saturated carbocycles. The molecule has 0 bridgehead atoms. The molecule has 0 spiro atoms. The Morgan fingerprint density at radius 1 is 1.33 bits per heavy atom. The van der Waals surface area contributed by atoms with Crippen molar-refractivity contribution in [3.63, 3.8) is 0 Å². The lowest BCUT2D eigenvalue weighted by molar-refractivity contribution is -0.118. The summed E-state index contributed by atoms with van der Waals surface area (Å²) in [6, 6.07) is 5.08. The summed E-state index contributed by atoms with van der Waals surface area (Å²) in [5.41, 5.74) is 0.535. The van der Waals surface area contributed by atoms with Crippen LogP contribution >= 0.6 is 15.9 Å². The van der Waals surface area contributed by atoms with E-state index in [-0.39, 0.29) is 18.0 Å². The third kappa shape index (κ3) is 4.26. The van der Waals surface area contributed by atoms with Crippen LogP contribution in [0, 0.1) is 0 Å². The largest absolute Gasteiger partial charge is 0.496 e. The van der Waals surface area contributed by atoms with Gasteiger partial charge in [-0.1, -0.05) is 13.3 Å². The van der Waals surface area contributed by atoms with Crippen molar-refractivity contribution in [1.29, 1.82) is 0 Å². The Morgan fingerprint density at radius 3 is 2.61 bits per heavy atom. The molecule has 0 fully saturated rings. The number of unbranched alkanes of at least 4 members (excludes halogenated alkanes) is 1. The molecule has 0 aliphatic heterocycles. The molecule has 3 nitrogen and oxygen atoms in total. The summed E-state index contributed by atoms with van der Waals surface area (Å²) in [5.74, 6) is 0.539. The second-order valence-corrected chi connectivity index (χ2v) is 4.95. The van der Waals surface area contributed by atoms with Gasteiger partial charge >= 0.3 is 0 Å². The summed E-state index contributed by atoms with van der Waals surface area (Å²) in [7, 11) is 1.57. The molecule has 0 N–H and O–H groups in total. The zero-order chi connectivity index (χ0) is 13.5. The molecule has 1 aromatic rings. The second-order valence-electron chi connectivity index (χ2n) is 4.09. The van der Waals surface area contributed by atoms with Gasteiger partial charge in [-0.05, 0) is 40.5 Å². The number of halogens is 1. The summed E-state index contributed by atoms with van der Waals surface area (Å²) in [6.07, 6.45) is 2.28. The lowest BCUT2D eigenvalue weighted by Gasteiger charge is -2.05. The number of carbonyl (C=O) groups excluding carboxylic acids is 2. The molecule has 0 aliphatic carbocycles. The number of Topliss-reactive ketones (excluding diaryl/α,β-unsaturated/α-hetero) is 2. The maximum Gasteiger partial charge on any atom is 0.170 e. The van der Waals surface area contributed by atoms with Gasteiger partial charge in [-0.25, -0.2) is 0 Å². The van der Waals surface area contributed by atoms with E-state index in [1.165, 1.54) is 0 Å². The number of methoxy groups -OCH3 is 1. The van der Waals surface area contributed by atoms with Gasteiger partial charge in [-0.2, -0.15) is 0 Å². The number of hydrogen-bond donors (Lipinski definition) is 0. The maximum atomic E-state index is 11.9. The predicted molar refractivity (Wildman–Crippen MR) is 74.2 cm³/mol. The predicted octanol–water partition coefficient (Wildman–Crippen LogP) is 3.79. The van der Waals surface area contributed by atoms with Crippen LogP contribution in [-0.2, 0) is 4.79 Å². The van der Waals surface area contributed by atoms with Crippen molar-refractivity contribution in [3.8, 4) is 5.75 Å². The van der Waals surface area contributed by atoms with Gasteiger partial charge in [-0.15, -0.1) is 0 Å². The maximum absolute atomic E-state index is 11.9. The van der Waals surface area contributed by atoms with E-state index >= 15 is 0 Å². The van der Waals surface area contributed by atoms with Gasteiger partial charge < -0.3 is 4.74 Å². The minimum atomic E-state index is -0.139. The molecule has 0 unspecified atom stereocenters. The average Bonchev–Trinajstić information content (AvgIpc) is 2.36. The Kier molecular flexibility index (Phi) is 6.05. The van der Waals surface area contributed by atoms with Crippen LogP contribution in [0.25, 0.3) is 0 Å². The molecular weight excluding hydrogens is 296 g/mol. The standard InChI is InChI=1S/C14H17BrO3/c1-3-4-5-11(16)9-13(17)10-6-7-14(18-2)12(15)8-10/h6-8H,3-5,9H2,1-2H3. The highest BCUT2D eigenvalue weighted by atomic mass is 79.9.